The molecule has 14 heavy (non-hydrogen) atoms. The molecule has 0 saturated heterocycles. The third-order valence-electron chi connectivity index (χ3n) is 1.35. The smallest absolute Gasteiger partial charge is 0.268 e. The Labute approximate surface area is 86.0 Å². The normalized spacial score (nSPS) is 11.0. The zero-order valence-corrected chi connectivity index (χ0v) is 8.47. The van der Waals surface area contributed by atoms with E-state index in [4.69, 9.17) is 11.6 Å². The topological polar surface area (TPSA) is 89.3 Å². The first-order chi connectivity index (χ1) is 6.40. The summed E-state index contributed by atoms with van der Waals surface area (Å²) in [6.45, 7) is 0. The third-order valence-corrected chi connectivity index (χ3v) is 2.15. The molecule has 1 aromatic carbocycles. The van der Waals surface area contributed by atoms with Crippen LogP contribution in [0.3, 0.4) is 0 Å². The van der Waals surface area contributed by atoms with Gasteiger partial charge in [0.05, 0.1) is 10.6 Å². The minimum absolute atomic E-state index is 0.0585. The van der Waals surface area contributed by atoms with Crippen LogP contribution in [0.1, 0.15) is 10.4 Å². The molecule has 0 aliphatic carbocycles. The number of carbonyl (C=O) groups excluding carboxylic acids is 1. The standard InChI is InChI=1S/C7H7ClN2O3S/c8-6-4-2-1-3-5(6)7(11)10-14(9,12)13/h1-4H,(H,10,11)(H2,9,12,13). The van der Waals surface area contributed by atoms with Crippen molar-refractivity contribution >= 4 is 27.7 Å². The van der Waals surface area contributed by atoms with Gasteiger partial charge in [-0.05, 0) is 12.1 Å². The Bertz CT molecular complexity index is 458. The molecule has 1 rings (SSSR count). The van der Waals surface area contributed by atoms with Crippen molar-refractivity contribution in [3.63, 3.8) is 0 Å². The summed E-state index contributed by atoms with van der Waals surface area (Å²) in [5.41, 5.74) is 0.0585. The Balaban J connectivity index is 2.97. The van der Waals surface area contributed by atoms with Crippen molar-refractivity contribution in [2.75, 3.05) is 0 Å². The van der Waals surface area contributed by atoms with Gasteiger partial charge in [0.15, 0.2) is 0 Å². The Morgan fingerprint density at radius 2 is 1.93 bits per heavy atom. The molecule has 1 amide bonds. The third kappa shape index (κ3) is 2.99. The lowest BCUT2D eigenvalue weighted by Gasteiger charge is -2.03. The zero-order valence-electron chi connectivity index (χ0n) is 6.90. The molecule has 0 spiro atoms. The molecular weight excluding hydrogens is 228 g/mol. The van der Waals surface area contributed by atoms with Crippen LogP contribution in [0.4, 0.5) is 0 Å². The minimum Gasteiger partial charge on any atom is -0.268 e. The van der Waals surface area contributed by atoms with Gasteiger partial charge < -0.3 is 0 Å². The van der Waals surface area contributed by atoms with Crippen LogP contribution in [0.15, 0.2) is 24.3 Å². The maximum Gasteiger partial charge on any atom is 0.298 e. The van der Waals surface area contributed by atoms with Crippen LogP contribution < -0.4 is 9.86 Å². The van der Waals surface area contributed by atoms with E-state index in [1.165, 1.54) is 12.1 Å². The van der Waals surface area contributed by atoms with E-state index < -0.39 is 16.1 Å². The fraction of sp³-hybridized carbons (Fsp3) is 0. The Morgan fingerprint density at radius 3 is 2.43 bits per heavy atom. The molecule has 0 aliphatic heterocycles. The molecule has 0 aromatic heterocycles. The van der Waals surface area contributed by atoms with E-state index in [1.807, 2.05) is 0 Å². The SMILES string of the molecule is NS(=O)(=O)NC(=O)c1ccccc1Cl. The lowest BCUT2D eigenvalue weighted by atomic mass is 10.2. The summed E-state index contributed by atoms with van der Waals surface area (Å²) >= 11 is 5.65. The molecule has 0 aliphatic rings. The van der Waals surface area contributed by atoms with Crippen LogP contribution in [0.2, 0.25) is 5.02 Å². The summed E-state index contributed by atoms with van der Waals surface area (Å²) in [6.07, 6.45) is 0. The highest BCUT2D eigenvalue weighted by atomic mass is 35.5. The second-order valence-corrected chi connectivity index (χ2v) is 4.16. The Morgan fingerprint density at radius 1 is 1.36 bits per heavy atom. The summed E-state index contributed by atoms with van der Waals surface area (Å²) in [6, 6.07) is 6.04. The van der Waals surface area contributed by atoms with Crippen molar-refractivity contribution in [1.82, 2.24) is 4.72 Å². The van der Waals surface area contributed by atoms with Crippen molar-refractivity contribution in [2.24, 2.45) is 5.14 Å². The molecule has 0 bridgehead atoms. The molecule has 0 saturated carbocycles. The van der Waals surface area contributed by atoms with Gasteiger partial charge in [-0.2, -0.15) is 8.42 Å². The number of nitrogens with one attached hydrogen (secondary N) is 1. The number of rotatable bonds is 2. The first-order valence-corrected chi connectivity index (χ1v) is 5.42. The van der Waals surface area contributed by atoms with Gasteiger partial charge in [-0.1, -0.05) is 23.7 Å². The predicted octanol–water partition coefficient (Wildman–Crippen LogP) is 0.273. The van der Waals surface area contributed by atoms with Gasteiger partial charge in [0.1, 0.15) is 0 Å². The number of amides is 1. The molecule has 0 atom stereocenters. The number of benzene rings is 1. The monoisotopic (exact) mass is 234 g/mol. The molecule has 1 aromatic rings. The van der Waals surface area contributed by atoms with Crippen molar-refractivity contribution in [1.29, 1.82) is 0 Å². The quantitative estimate of drug-likeness (QED) is 0.770. The number of halogens is 1. The van der Waals surface area contributed by atoms with Gasteiger partial charge in [0, 0.05) is 0 Å². The number of carbonyl (C=O) groups is 1. The molecule has 0 radical (unpaired) electrons. The summed E-state index contributed by atoms with van der Waals surface area (Å²) in [4.78, 5) is 11.2. The van der Waals surface area contributed by atoms with Crippen LogP contribution in [0.25, 0.3) is 0 Å². The van der Waals surface area contributed by atoms with E-state index in [0.717, 1.165) is 0 Å². The highest BCUT2D eigenvalue weighted by molar-refractivity contribution is 7.87. The minimum atomic E-state index is -4.05. The molecule has 0 heterocycles. The van der Waals surface area contributed by atoms with Gasteiger partial charge in [0.2, 0.25) is 0 Å². The largest absolute Gasteiger partial charge is 0.298 e. The van der Waals surface area contributed by atoms with Crippen molar-refractivity contribution < 1.29 is 13.2 Å². The van der Waals surface area contributed by atoms with E-state index in [0.29, 0.717) is 0 Å². The Kier molecular flexibility index (Phi) is 3.10. The Hall–Kier alpha value is -1.11. The maximum atomic E-state index is 11.2. The first-order valence-electron chi connectivity index (χ1n) is 3.49. The first kappa shape index (κ1) is 11.0. The highest BCUT2D eigenvalue weighted by Crippen LogP contribution is 2.14. The second kappa shape index (κ2) is 3.95. The predicted molar refractivity (Wildman–Crippen MR) is 52.0 cm³/mol. The van der Waals surface area contributed by atoms with Crippen LogP contribution in [-0.4, -0.2) is 14.3 Å². The number of hydrogen-bond acceptors (Lipinski definition) is 3. The zero-order chi connectivity index (χ0) is 10.8. The van der Waals surface area contributed by atoms with Crippen molar-refractivity contribution in [3.8, 4) is 0 Å². The molecule has 0 unspecified atom stereocenters. The molecular formula is C7H7ClN2O3S. The molecule has 76 valence electrons. The van der Waals surface area contributed by atoms with E-state index in [-0.39, 0.29) is 10.6 Å². The number of hydrogen-bond donors (Lipinski definition) is 2. The van der Waals surface area contributed by atoms with Crippen LogP contribution in [0, 0.1) is 0 Å². The van der Waals surface area contributed by atoms with Crippen LogP contribution >= 0.6 is 11.6 Å². The van der Waals surface area contributed by atoms with E-state index >= 15 is 0 Å². The summed E-state index contributed by atoms with van der Waals surface area (Å²) in [7, 11) is -4.05. The summed E-state index contributed by atoms with van der Waals surface area (Å²) in [5, 5.41) is 4.78. The van der Waals surface area contributed by atoms with Gasteiger partial charge in [-0.3, -0.25) is 4.79 Å². The molecule has 7 heteroatoms. The van der Waals surface area contributed by atoms with Gasteiger partial charge in [-0.15, -0.1) is 0 Å². The lowest BCUT2D eigenvalue weighted by molar-refractivity contribution is 0.0981. The van der Waals surface area contributed by atoms with E-state index in [1.54, 1.807) is 16.9 Å². The molecule has 0 fully saturated rings. The van der Waals surface area contributed by atoms with Gasteiger partial charge in [0.25, 0.3) is 16.1 Å². The van der Waals surface area contributed by atoms with E-state index in [2.05, 4.69) is 5.14 Å². The fourth-order valence-corrected chi connectivity index (χ4v) is 1.42. The molecule has 5 nitrogen and oxygen atoms in total. The fourth-order valence-electron chi connectivity index (χ4n) is 0.830. The lowest BCUT2D eigenvalue weighted by Crippen LogP contribution is -2.36. The van der Waals surface area contributed by atoms with Crippen molar-refractivity contribution in [3.05, 3.63) is 34.9 Å². The number of nitrogens with two attached hydrogens (primary N) is 1. The molecule has 3 N–H and O–H groups in total. The maximum absolute atomic E-state index is 11.2. The average molecular weight is 235 g/mol. The second-order valence-electron chi connectivity index (χ2n) is 2.46. The average Bonchev–Trinajstić information content (AvgIpc) is 2.01. The van der Waals surface area contributed by atoms with E-state index in [9.17, 15) is 13.2 Å². The van der Waals surface area contributed by atoms with Crippen molar-refractivity contribution in [2.45, 2.75) is 0 Å². The van der Waals surface area contributed by atoms with Gasteiger partial charge >= 0.3 is 0 Å². The van der Waals surface area contributed by atoms with Crippen LogP contribution in [-0.2, 0) is 10.2 Å². The van der Waals surface area contributed by atoms with Crippen LogP contribution in [0.5, 0.6) is 0 Å². The highest BCUT2D eigenvalue weighted by Gasteiger charge is 2.13. The summed E-state index contributed by atoms with van der Waals surface area (Å²) in [5.74, 6) is -0.849. The summed E-state index contributed by atoms with van der Waals surface area (Å²) < 4.78 is 22.7. The van der Waals surface area contributed by atoms with Gasteiger partial charge in [-0.25, -0.2) is 9.86 Å².